The summed E-state index contributed by atoms with van der Waals surface area (Å²) in [4.78, 5) is 98.1. The molecular formula is C105H158FN9O27. The van der Waals surface area contributed by atoms with Gasteiger partial charge in [0.1, 0.15) is 69.9 Å². The minimum absolute atomic E-state index is 0.0364. The van der Waals surface area contributed by atoms with Crippen LogP contribution in [0.4, 0.5) is 15.8 Å². The Morgan fingerprint density at radius 1 is 0.789 bits per heavy atom. The molecule has 0 radical (unpaired) electrons. The third-order valence-corrected chi connectivity index (χ3v) is 31.6. The Morgan fingerprint density at radius 3 is 2.06 bits per heavy atom. The van der Waals surface area contributed by atoms with Gasteiger partial charge in [-0.25, -0.2) is 9.18 Å². The number of aliphatic hydroxyl groups is 7. The summed E-state index contributed by atoms with van der Waals surface area (Å²) in [7, 11) is 10.1. The van der Waals surface area contributed by atoms with E-state index in [0.29, 0.717) is 80.3 Å². The number of phenols is 2. The van der Waals surface area contributed by atoms with Crippen LogP contribution in [-0.4, -0.2) is 320 Å². The van der Waals surface area contributed by atoms with Crippen LogP contribution in [0.3, 0.4) is 0 Å². The summed E-state index contributed by atoms with van der Waals surface area (Å²) in [5, 5.41) is 121. The summed E-state index contributed by atoms with van der Waals surface area (Å²) < 4.78 is 84.3. The minimum atomic E-state index is -1.96. The number of cyclic esters (lactones) is 1. The summed E-state index contributed by atoms with van der Waals surface area (Å²) in [6.45, 7) is 40.0. The lowest BCUT2D eigenvalue weighted by Gasteiger charge is -2.48. The lowest BCUT2D eigenvalue weighted by molar-refractivity contribution is -0.318. The summed E-state index contributed by atoms with van der Waals surface area (Å²) in [5.74, 6) is -10.1. The van der Waals surface area contributed by atoms with Gasteiger partial charge in [-0.15, -0.1) is 0 Å². The first-order chi connectivity index (χ1) is 66.5. The predicted molar refractivity (Wildman–Crippen MR) is 529 cm³/mol. The molecule has 1 aliphatic carbocycles. The Labute approximate surface area is 832 Å². The number of esters is 2. The van der Waals surface area contributed by atoms with E-state index >= 15 is 4.39 Å². The van der Waals surface area contributed by atoms with E-state index in [-0.39, 0.29) is 110 Å². The number of carboxylic acid groups (broad SMARTS) is 1. The van der Waals surface area contributed by atoms with Crippen LogP contribution in [0.2, 0.25) is 0 Å². The van der Waals surface area contributed by atoms with Crippen molar-refractivity contribution >= 4 is 62.6 Å². The number of ketones is 1. The van der Waals surface area contributed by atoms with Crippen LogP contribution in [0, 0.1) is 66.0 Å². The highest BCUT2D eigenvalue weighted by molar-refractivity contribution is 6.19. The summed E-state index contributed by atoms with van der Waals surface area (Å²) in [5.41, 5.74) is -5.10. The fourth-order valence-corrected chi connectivity index (χ4v) is 22.9. The molecule has 14 rings (SSSR count). The average molecular weight is 2000 g/mol. The molecule has 8 unspecified atom stereocenters. The number of pyridine rings is 1. The molecule has 142 heavy (non-hydrogen) atoms. The molecule has 36 nitrogen and oxygen atoms in total. The maximum absolute atomic E-state index is 15.3. The van der Waals surface area contributed by atoms with Crippen molar-refractivity contribution in [3.8, 4) is 23.0 Å². The molecule has 1 saturated carbocycles. The van der Waals surface area contributed by atoms with Gasteiger partial charge in [-0.05, 0) is 165 Å². The number of amides is 1. The van der Waals surface area contributed by atoms with E-state index in [9.17, 15) is 79.8 Å². The molecule has 29 atom stereocenters. The van der Waals surface area contributed by atoms with Gasteiger partial charge in [-0.3, -0.25) is 34.0 Å². The van der Waals surface area contributed by atoms with Crippen molar-refractivity contribution in [3.63, 3.8) is 0 Å². The van der Waals surface area contributed by atoms with Gasteiger partial charge in [0.25, 0.3) is 11.7 Å². The number of methoxy groups -OCH3 is 3. The van der Waals surface area contributed by atoms with E-state index in [1.165, 1.54) is 60.6 Å². The normalized spacial score (nSPS) is 37.1. The minimum Gasteiger partial charge on any atom is -0.507 e. The molecule has 12 N–H and O–H groups in total. The number of nitrogens with one attached hydrogen (secondary N) is 2. The van der Waals surface area contributed by atoms with Gasteiger partial charge < -0.3 is 138 Å². The Bertz CT molecular complexity index is 5490. The van der Waals surface area contributed by atoms with Crippen molar-refractivity contribution in [3.05, 3.63) is 91.8 Å². The molecule has 9 aliphatic heterocycles. The number of benzene rings is 3. The molecule has 1 amide bonds. The average Bonchev–Trinajstić information content (AvgIpc) is 1.53. The number of ether oxygens (including phenoxy) is 11. The van der Waals surface area contributed by atoms with Crippen LogP contribution < -0.4 is 41.2 Å². The first-order valence-electron chi connectivity index (χ1n) is 50.5. The Hall–Kier alpha value is -8.45. The fourth-order valence-electron chi connectivity index (χ4n) is 22.9. The van der Waals surface area contributed by atoms with Gasteiger partial charge in [-0.2, -0.15) is 0 Å². The molecule has 7 fully saturated rings. The number of rotatable bonds is 15. The number of aromatic nitrogens is 1. The largest absolute Gasteiger partial charge is 0.507 e. The third-order valence-electron chi connectivity index (χ3n) is 31.6. The molecule has 3 aromatic carbocycles. The lowest BCUT2D eigenvalue weighted by atomic mass is 9.77. The molecule has 10 heterocycles. The fraction of sp³-hybridized carbons (Fsp3) is 0.714. The van der Waals surface area contributed by atoms with E-state index in [4.69, 9.17) is 62.1 Å². The van der Waals surface area contributed by atoms with E-state index in [1.54, 1.807) is 112 Å². The molecule has 1 spiro atoms. The number of likely N-dealkylation sites (tertiary alicyclic amines) is 1. The number of piperidine rings is 2. The van der Waals surface area contributed by atoms with E-state index in [0.717, 1.165) is 45.3 Å². The molecule has 37 heteroatoms. The quantitative estimate of drug-likeness (QED) is 0.0390. The highest BCUT2D eigenvalue weighted by Crippen LogP contribution is 2.52. The molecular weight excluding hydrogens is 1840 g/mol. The molecule has 10 aliphatic rings. The van der Waals surface area contributed by atoms with E-state index in [1.807, 2.05) is 56.6 Å². The van der Waals surface area contributed by atoms with Gasteiger partial charge in [0.05, 0.1) is 100 Å². The Kier molecular flexibility index (Phi) is 35.7. The molecule has 6 saturated heterocycles. The van der Waals surface area contributed by atoms with Gasteiger partial charge >= 0.3 is 23.7 Å². The maximum atomic E-state index is 15.3. The van der Waals surface area contributed by atoms with Crippen LogP contribution in [0.5, 0.6) is 23.0 Å². The zero-order valence-electron chi connectivity index (χ0n) is 87.6. The highest BCUT2D eigenvalue weighted by Gasteiger charge is 2.56. The van der Waals surface area contributed by atoms with Gasteiger partial charge in [-0.1, -0.05) is 80.5 Å². The van der Waals surface area contributed by atoms with Crippen molar-refractivity contribution in [2.45, 2.75) is 341 Å². The number of allylic oxidation sites excluding steroid dienone is 2. The number of carbonyl (C=O) groups is 5. The lowest BCUT2D eigenvalue weighted by Crippen LogP contribution is -2.60. The molecule has 792 valence electrons. The topological polar surface area (TPSA) is 473 Å². The number of hydrogen-bond donors (Lipinski definition) is 12. The number of aromatic hydroxyl groups is 2. The molecule has 4 aromatic rings. The Balaban J connectivity index is 0.000000201. The number of carbonyl (C=O) groups excluding carboxylic acids is 4. The summed E-state index contributed by atoms with van der Waals surface area (Å²) >= 11 is 0. The smallest absolute Gasteiger partial charge is 0.341 e. The first-order valence-corrected chi connectivity index (χ1v) is 50.5. The second-order valence-corrected chi connectivity index (χ2v) is 43.4. The second-order valence-electron chi connectivity index (χ2n) is 43.4. The van der Waals surface area contributed by atoms with Crippen LogP contribution >= 0.6 is 0 Å². The van der Waals surface area contributed by atoms with Crippen molar-refractivity contribution < 1.29 is 132 Å². The highest BCUT2D eigenvalue weighted by atomic mass is 19.1. The van der Waals surface area contributed by atoms with E-state index in [2.05, 4.69) is 29.4 Å². The zero-order chi connectivity index (χ0) is 105. The van der Waals surface area contributed by atoms with Crippen molar-refractivity contribution in [2.75, 3.05) is 98.5 Å². The number of anilines is 2. The molecule has 4 bridgehead atoms. The van der Waals surface area contributed by atoms with Gasteiger partial charge in [0.15, 0.2) is 35.6 Å². The number of Topliss-reactive ketones (excluding diaryl/α,β-unsaturated/α-hetero) is 1. The third kappa shape index (κ3) is 23.2. The first kappa shape index (κ1) is 112. The maximum Gasteiger partial charge on any atom is 0.341 e. The monoisotopic (exact) mass is 2000 g/mol. The number of hydrogen-bond acceptors (Lipinski definition) is 33. The number of halogens is 1. The predicted octanol–water partition coefficient (Wildman–Crippen LogP) is 9.02. The van der Waals surface area contributed by atoms with Crippen LogP contribution in [-0.2, 0) is 57.0 Å². The second kappa shape index (κ2) is 45.1. The number of nitrogens with zero attached hydrogens (tertiary/aromatic N) is 7. The standard InChI is InChI=1S/C46H62N4O11.C38H72N2O12.C21H24FN3O4/c1-22(2)21-50-18-16-46(17-19-50)48-34-31-32-39(54)28(8)42-33(31)43(56)45(10,61-42)59-20-15-30(58-11)25(5)41(60-29(9)51)27(7)38(53)26(6)37(52)23(3)13-12-14-24(4)44(57)47-36(40(32)55)35(34)49-46;1-15-27-38(10,46)31(42)24(6)40(13)19-20(2)17-36(8,45)33(52-35-29(41)26(39(11)12)16-21(3)48-35)22(4)30(23(5)34(44)50-27)51-28-18-37(9,47-14)32(43)25(7)49-28;1-29-20-17-13(19(26)14(21(27)28)9-25(17)12-4-5-12)7-15(22)18(20)24-8-11-3-2-6-23-16(11)10-24/h12-15,20,22-23,25-27,30,37-38,41,52-55H,16-19,21H2,1-11H3,(H,47,57);20-33,35,41-43,45-46H,15-19H2,1-14H3;7,9,11-12,16,23H,2-6,8,10H2,1H3,(H,27,28)/b13-12+,20-15+,24-14-;;/t23-,25+,26+,27+,30-,37-,38+,41+,45-;20-,21?,22+,23-,24-,25?,26?,27-,28?,29?,30+,31-,32?,33-,35?,36-,37?,38-;11-,16+/m010/s1. The van der Waals surface area contributed by atoms with Crippen LogP contribution in [0.1, 0.15) is 228 Å². The number of carboxylic acids is 1. The number of phenolic OH excluding ortho intramolecular Hbond substituents is 2. The SMILES string of the molecule is CC[C@H]1OC(=O)[C@H](C)[C@@H](OC2CC(C)(OC)C(O)C(C)O2)[C@H](C)[C@@H](OC2OC(C)CC(N(C)C)C2O)[C@](C)(O)C[C@@H](C)CN(C)[C@H](C)[C@@H](O)[C@]1(C)O.CO[C@H]1/C=C/O[C@@]2(C)Oc3c(C)c(O)c4c(O)c(c5c(c4c3C2=O)=NC2(CCN(CC(C)C)CC2)N=5)NC(=O)/C(C)=C\C=C\[C@H](C)[C@H](O)[C@@H](C)[C@@H](O)[C@@H](C)[C@H](OC(C)=O)[C@@H]1C.COc1c(N2C[C@@H]3CCCN[C@@H]3C2)c(F)cc2c(=O)c(C(=O)O)cn(C3CC3)c12. The van der Waals surface area contributed by atoms with Gasteiger partial charge in [0, 0.05) is 163 Å². The van der Waals surface area contributed by atoms with Crippen molar-refractivity contribution in [1.29, 1.82) is 0 Å². The molecule has 1 aromatic heterocycles. The number of aromatic carboxylic acids is 1. The Morgan fingerprint density at radius 2 is 1.46 bits per heavy atom. The van der Waals surface area contributed by atoms with Crippen molar-refractivity contribution in [2.24, 2.45) is 63.2 Å². The number of fused-ring (bicyclic) bond motifs is 3. The summed E-state index contributed by atoms with van der Waals surface area (Å²) in [6.07, 6.45) is 2.25. The van der Waals surface area contributed by atoms with Crippen LogP contribution in [0.15, 0.2) is 63.2 Å². The number of likely N-dealkylation sites (N-methyl/N-ethyl adjacent to an activating group) is 2. The van der Waals surface area contributed by atoms with Crippen LogP contribution in [0.25, 0.3) is 21.7 Å². The summed E-state index contributed by atoms with van der Waals surface area (Å²) in [6, 6.07) is 0.809. The van der Waals surface area contributed by atoms with E-state index < -0.39 is 196 Å². The van der Waals surface area contributed by atoms with Gasteiger partial charge in [0.2, 0.25) is 5.43 Å². The zero-order valence-corrected chi connectivity index (χ0v) is 87.6. The number of aliphatic hydroxyl groups excluding tert-OH is 5. The van der Waals surface area contributed by atoms with Crippen molar-refractivity contribution in [1.82, 2.24) is 24.6 Å².